The fraction of sp³-hybridized carbons (Fsp3) is 0.818. The Morgan fingerprint density at radius 3 is 2.56 bits per heavy atom. The van der Waals surface area contributed by atoms with Crippen LogP contribution in [0, 0.1) is 0 Å². The topological polar surface area (TPSA) is 60.2 Å². The van der Waals surface area contributed by atoms with E-state index in [1.54, 1.807) is 7.11 Å². The van der Waals surface area contributed by atoms with E-state index in [0.717, 1.165) is 25.0 Å². The molecule has 0 radical (unpaired) electrons. The standard InChI is InChI=1S/C11H21N3O2/c1-4-9(5-2)14-11(6-7-16-3)10(8-15)12-13-14/h9,15H,4-8H2,1-3H3. The normalized spacial score (nSPS) is 11.3. The van der Waals surface area contributed by atoms with Crippen molar-refractivity contribution in [3.05, 3.63) is 11.4 Å². The molecule has 1 aromatic heterocycles. The third-order valence-corrected chi connectivity index (χ3v) is 2.85. The lowest BCUT2D eigenvalue weighted by molar-refractivity contribution is 0.198. The molecule has 0 bridgehead atoms. The van der Waals surface area contributed by atoms with E-state index in [2.05, 4.69) is 24.2 Å². The maximum absolute atomic E-state index is 9.20. The smallest absolute Gasteiger partial charge is 0.111 e. The molecule has 0 aliphatic heterocycles. The highest BCUT2D eigenvalue weighted by molar-refractivity contribution is 5.10. The van der Waals surface area contributed by atoms with Gasteiger partial charge < -0.3 is 9.84 Å². The molecule has 0 aliphatic carbocycles. The first-order chi connectivity index (χ1) is 7.78. The Labute approximate surface area is 96.4 Å². The third kappa shape index (κ3) is 2.80. The summed E-state index contributed by atoms with van der Waals surface area (Å²) < 4.78 is 7.00. The number of aliphatic hydroxyl groups is 1. The van der Waals surface area contributed by atoms with E-state index >= 15 is 0 Å². The second-order valence-electron chi connectivity index (χ2n) is 3.80. The van der Waals surface area contributed by atoms with E-state index in [-0.39, 0.29) is 6.61 Å². The first-order valence-electron chi connectivity index (χ1n) is 5.81. The van der Waals surface area contributed by atoms with Crippen molar-refractivity contribution in [1.82, 2.24) is 15.0 Å². The molecule has 0 saturated carbocycles. The lowest BCUT2D eigenvalue weighted by atomic mass is 10.1. The van der Waals surface area contributed by atoms with Gasteiger partial charge in [-0.25, -0.2) is 4.68 Å². The Morgan fingerprint density at radius 2 is 2.06 bits per heavy atom. The predicted molar refractivity (Wildman–Crippen MR) is 61.1 cm³/mol. The van der Waals surface area contributed by atoms with Crippen LogP contribution in [0.4, 0.5) is 0 Å². The molecule has 1 N–H and O–H groups in total. The van der Waals surface area contributed by atoms with Gasteiger partial charge in [0.1, 0.15) is 5.69 Å². The second-order valence-corrected chi connectivity index (χ2v) is 3.80. The molecule has 0 atom stereocenters. The lowest BCUT2D eigenvalue weighted by Gasteiger charge is -2.15. The van der Waals surface area contributed by atoms with Crippen LogP contribution in [-0.4, -0.2) is 33.8 Å². The molecular weight excluding hydrogens is 206 g/mol. The Hall–Kier alpha value is -0.940. The molecule has 16 heavy (non-hydrogen) atoms. The van der Waals surface area contributed by atoms with Crippen LogP contribution in [0.5, 0.6) is 0 Å². The molecule has 0 unspecified atom stereocenters. The summed E-state index contributed by atoms with van der Waals surface area (Å²) in [6.45, 7) is 4.84. The predicted octanol–water partition coefficient (Wildman–Crippen LogP) is 1.32. The zero-order valence-electron chi connectivity index (χ0n) is 10.3. The summed E-state index contributed by atoms with van der Waals surface area (Å²) in [7, 11) is 1.67. The highest BCUT2D eigenvalue weighted by Crippen LogP contribution is 2.19. The van der Waals surface area contributed by atoms with Gasteiger partial charge in [-0.15, -0.1) is 5.10 Å². The van der Waals surface area contributed by atoms with E-state index in [4.69, 9.17) is 4.74 Å². The molecule has 1 rings (SSSR count). The van der Waals surface area contributed by atoms with Gasteiger partial charge >= 0.3 is 0 Å². The molecule has 0 aliphatic rings. The molecule has 0 amide bonds. The van der Waals surface area contributed by atoms with E-state index in [9.17, 15) is 5.11 Å². The molecule has 0 spiro atoms. The van der Waals surface area contributed by atoms with E-state index in [1.807, 2.05) is 4.68 Å². The first-order valence-corrected chi connectivity index (χ1v) is 5.81. The fourth-order valence-corrected chi connectivity index (χ4v) is 1.85. The summed E-state index contributed by atoms with van der Waals surface area (Å²) in [6.07, 6.45) is 2.78. The molecule has 5 nitrogen and oxygen atoms in total. The number of hydrogen-bond donors (Lipinski definition) is 1. The summed E-state index contributed by atoms with van der Waals surface area (Å²) in [6, 6.07) is 0.361. The van der Waals surface area contributed by atoms with Gasteiger partial charge in [0.25, 0.3) is 0 Å². The quantitative estimate of drug-likeness (QED) is 0.763. The van der Waals surface area contributed by atoms with Gasteiger partial charge in [0.15, 0.2) is 0 Å². The first kappa shape index (κ1) is 13.1. The van der Waals surface area contributed by atoms with Crippen molar-refractivity contribution in [2.24, 2.45) is 0 Å². The van der Waals surface area contributed by atoms with Crippen molar-refractivity contribution < 1.29 is 9.84 Å². The molecule has 92 valence electrons. The van der Waals surface area contributed by atoms with Gasteiger partial charge in [-0.2, -0.15) is 0 Å². The molecule has 1 heterocycles. The van der Waals surface area contributed by atoms with Gasteiger partial charge in [-0.1, -0.05) is 19.1 Å². The van der Waals surface area contributed by atoms with Crippen LogP contribution in [0.25, 0.3) is 0 Å². The average molecular weight is 227 g/mol. The summed E-state index contributed by atoms with van der Waals surface area (Å²) in [5, 5.41) is 17.3. The van der Waals surface area contributed by atoms with Crippen molar-refractivity contribution in [1.29, 1.82) is 0 Å². The van der Waals surface area contributed by atoms with Crippen LogP contribution in [0.3, 0.4) is 0 Å². The maximum atomic E-state index is 9.20. The van der Waals surface area contributed by atoms with Gasteiger partial charge in [0.05, 0.1) is 24.9 Å². The Balaban J connectivity index is 2.93. The van der Waals surface area contributed by atoms with Crippen molar-refractivity contribution in [3.8, 4) is 0 Å². The van der Waals surface area contributed by atoms with Gasteiger partial charge in [-0.05, 0) is 12.8 Å². The Bertz CT molecular complexity index is 308. The van der Waals surface area contributed by atoms with Crippen LogP contribution < -0.4 is 0 Å². The lowest BCUT2D eigenvalue weighted by Crippen LogP contribution is -2.14. The van der Waals surface area contributed by atoms with Crippen LogP contribution in [-0.2, 0) is 17.8 Å². The van der Waals surface area contributed by atoms with Gasteiger partial charge in [0.2, 0.25) is 0 Å². The molecule has 0 saturated heterocycles. The minimum atomic E-state index is -0.0564. The molecule has 0 aromatic carbocycles. The van der Waals surface area contributed by atoms with E-state index in [0.29, 0.717) is 18.3 Å². The average Bonchev–Trinajstić information content (AvgIpc) is 2.71. The minimum Gasteiger partial charge on any atom is -0.390 e. The number of methoxy groups -OCH3 is 1. The monoisotopic (exact) mass is 227 g/mol. The van der Waals surface area contributed by atoms with Crippen molar-refractivity contribution in [2.45, 2.75) is 45.8 Å². The number of ether oxygens (including phenoxy) is 1. The zero-order chi connectivity index (χ0) is 12.0. The molecular formula is C11H21N3O2. The summed E-state index contributed by atoms with van der Waals surface area (Å²) in [5.41, 5.74) is 1.67. The van der Waals surface area contributed by atoms with E-state index in [1.165, 1.54) is 0 Å². The largest absolute Gasteiger partial charge is 0.390 e. The number of hydrogen-bond acceptors (Lipinski definition) is 4. The van der Waals surface area contributed by atoms with Crippen molar-refractivity contribution in [3.63, 3.8) is 0 Å². The SMILES string of the molecule is CCC(CC)n1nnc(CO)c1CCOC. The van der Waals surface area contributed by atoms with Crippen molar-refractivity contribution in [2.75, 3.05) is 13.7 Å². The summed E-state index contributed by atoms with van der Waals surface area (Å²) >= 11 is 0. The number of aliphatic hydroxyl groups excluding tert-OH is 1. The Morgan fingerprint density at radius 1 is 1.38 bits per heavy atom. The molecule has 0 fully saturated rings. The third-order valence-electron chi connectivity index (χ3n) is 2.85. The van der Waals surface area contributed by atoms with Crippen LogP contribution >= 0.6 is 0 Å². The molecule has 1 aromatic rings. The second kappa shape index (κ2) is 6.60. The van der Waals surface area contributed by atoms with Gasteiger partial charge in [0, 0.05) is 13.5 Å². The van der Waals surface area contributed by atoms with Gasteiger partial charge in [-0.3, -0.25) is 0 Å². The highest BCUT2D eigenvalue weighted by Gasteiger charge is 2.16. The number of rotatable bonds is 7. The molecule has 5 heteroatoms. The fourth-order valence-electron chi connectivity index (χ4n) is 1.85. The number of aromatic nitrogens is 3. The zero-order valence-corrected chi connectivity index (χ0v) is 10.3. The Kier molecular flexibility index (Phi) is 5.42. The summed E-state index contributed by atoms with van der Waals surface area (Å²) in [5.74, 6) is 0. The van der Waals surface area contributed by atoms with Crippen LogP contribution in [0.1, 0.15) is 44.1 Å². The van der Waals surface area contributed by atoms with Crippen LogP contribution in [0.2, 0.25) is 0 Å². The van der Waals surface area contributed by atoms with Crippen LogP contribution in [0.15, 0.2) is 0 Å². The highest BCUT2D eigenvalue weighted by atomic mass is 16.5. The maximum Gasteiger partial charge on any atom is 0.111 e. The summed E-state index contributed by atoms with van der Waals surface area (Å²) in [4.78, 5) is 0. The van der Waals surface area contributed by atoms with E-state index < -0.39 is 0 Å². The van der Waals surface area contributed by atoms with Crippen molar-refractivity contribution >= 4 is 0 Å². The minimum absolute atomic E-state index is 0.0564. The number of nitrogens with zero attached hydrogens (tertiary/aromatic N) is 3.